The van der Waals surface area contributed by atoms with Gasteiger partial charge in [-0.3, -0.25) is 9.11 Å². The van der Waals surface area contributed by atoms with Crippen LogP contribution in [0, 0.1) is 0 Å². The molecular weight excluding hydrogens is 457 g/mol. The maximum absolute atomic E-state index is 8.74. The molecule has 2 N–H and O–H groups in total. The zero-order valence-electron chi connectivity index (χ0n) is 3.03. The van der Waals surface area contributed by atoms with Crippen LogP contribution < -0.4 is 0 Å². The van der Waals surface area contributed by atoms with E-state index in [1.807, 2.05) is 0 Å². The fraction of sp³-hybridized carbons (Fsp3) is 0. The van der Waals surface area contributed by atoms with Crippen LogP contribution in [-0.4, -0.2) is 92.2 Å². The van der Waals surface area contributed by atoms with Crippen LogP contribution in [-0.2, 0) is 13.1 Å². The number of hydrogen-bond donors (Lipinski definition) is 2. The van der Waals surface area contributed by atoms with Crippen molar-refractivity contribution in [1.82, 2.24) is 0 Å². The molecule has 0 aromatic carbocycles. The van der Waals surface area contributed by atoms with Crippen molar-refractivity contribution in [3.05, 3.63) is 0 Å². The van der Waals surface area contributed by atoms with Gasteiger partial charge in [-0.05, 0) is 0 Å². The summed E-state index contributed by atoms with van der Waals surface area (Å²) in [7, 11) is -4.67. The van der Waals surface area contributed by atoms with Gasteiger partial charge in [0.15, 0.2) is 0 Å². The van der Waals surface area contributed by atoms with Crippen LogP contribution >= 0.6 is 0 Å². The Morgan fingerprint density at radius 2 is 1.12 bits per heavy atom. The summed E-state index contributed by atoms with van der Waals surface area (Å²) >= 11 is 0.0556. The minimum absolute atomic E-state index is 0. The van der Waals surface area contributed by atoms with Gasteiger partial charge in [-0.15, -0.1) is 0 Å². The van der Waals surface area contributed by atoms with E-state index >= 15 is 0 Å². The summed E-state index contributed by atoms with van der Waals surface area (Å²) in [5.74, 6) is 0. The molecule has 0 amide bonds. The second kappa shape index (κ2) is 9.16. The second-order valence-corrected chi connectivity index (χ2v) is 1.34. The molecule has 0 rings (SSSR count). The van der Waals surface area contributed by atoms with Gasteiger partial charge in [0.25, 0.3) is 0 Å². The summed E-state index contributed by atoms with van der Waals surface area (Å²) in [4.78, 5) is 0. The summed E-state index contributed by atoms with van der Waals surface area (Å²) < 4.78 is 40.0. The van der Waals surface area contributed by atoms with E-state index in [4.69, 9.17) is 20.2 Å². The third kappa shape index (κ3) is 89.5. The predicted octanol–water partition coefficient (Wildman–Crippen LogP) is -2.07. The molecule has 0 bridgehead atoms. The van der Waals surface area contributed by atoms with Gasteiger partial charge >= 0.3 is 87.7 Å². The number of hydrogen-bond acceptors (Lipinski definition) is 3. The SMILES string of the molecule is O=S(=O)(O)O.[BaH2].[O]=[Pb]. The van der Waals surface area contributed by atoms with Gasteiger partial charge in [0.2, 0.25) is 0 Å². The van der Waals surface area contributed by atoms with Gasteiger partial charge in [0, 0.05) is 0 Å². The molecular formula is H4BaO5PbS. The van der Waals surface area contributed by atoms with E-state index in [0.29, 0.717) is 0 Å². The van der Waals surface area contributed by atoms with Gasteiger partial charge in [-0.1, -0.05) is 0 Å². The van der Waals surface area contributed by atoms with Crippen molar-refractivity contribution in [2.45, 2.75) is 0 Å². The Morgan fingerprint density at radius 1 is 1.12 bits per heavy atom. The molecule has 0 unspecified atom stereocenters. The molecule has 46 valence electrons. The molecule has 0 saturated carbocycles. The summed E-state index contributed by atoms with van der Waals surface area (Å²) in [6.07, 6.45) is 0. The molecule has 0 aliphatic carbocycles. The van der Waals surface area contributed by atoms with Gasteiger partial charge in [0.05, 0.1) is 0 Å². The van der Waals surface area contributed by atoms with Crippen molar-refractivity contribution in [3.8, 4) is 0 Å². The summed E-state index contributed by atoms with van der Waals surface area (Å²) in [6.45, 7) is 0. The molecule has 0 aromatic heterocycles. The van der Waals surface area contributed by atoms with E-state index in [0.717, 1.165) is 0 Å². The average Bonchev–Trinajstić information content (AvgIpc) is 1.36. The van der Waals surface area contributed by atoms with Crippen molar-refractivity contribution in [1.29, 1.82) is 0 Å². The zero-order valence-corrected chi connectivity index (χ0v) is 7.73. The van der Waals surface area contributed by atoms with Crippen molar-refractivity contribution < 1.29 is 20.2 Å². The summed E-state index contributed by atoms with van der Waals surface area (Å²) in [6, 6.07) is 0. The fourth-order valence-corrected chi connectivity index (χ4v) is 0. The molecule has 8 heteroatoms. The topological polar surface area (TPSA) is 91.7 Å². The molecule has 8 heavy (non-hydrogen) atoms. The van der Waals surface area contributed by atoms with E-state index in [-0.39, 0.29) is 74.7 Å². The molecule has 0 aliphatic rings. The molecule has 0 heterocycles. The molecule has 0 aliphatic heterocycles. The predicted molar refractivity (Wildman–Crippen MR) is 29.2 cm³/mol. The first-order chi connectivity index (χ1) is 3.00. The van der Waals surface area contributed by atoms with Crippen LogP contribution in [0.3, 0.4) is 0 Å². The Kier molecular flexibility index (Phi) is 19.0. The molecule has 0 spiro atoms. The zero-order chi connectivity index (χ0) is 6.50. The molecule has 0 saturated heterocycles. The van der Waals surface area contributed by atoms with E-state index in [1.54, 1.807) is 0 Å². The van der Waals surface area contributed by atoms with E-state index < -0.39 is 10.4 Å². The fourth-order valence-electron chi connectivity index (χ4n) is 0. The Bertz CT molecular complexity index is 106. The first kappa shape index (κ1) is 16.6. The Morgan fingerprint density at radius 3 is 1.12 bits per heavy atom. The van der Waals surface area contributed by atoms with Crippen LogP contribution in [0.1, 0.15) is 0 Å². The molecule has 2 radical (unpaired) electrons. The molecule has 0 aromatic rings. The van der Waals surface area contributed by atoms with Crippen molar-refractivity contribution in [2.75, 3.05) is 0 Å². The van der Waals surface area contributed by atoms with Crippen LogP contribution in [0.25, 0.3) is 0 Å². The molecule has 0 fully saturated rings. The molecule has 0 atom stereocenters. The van der Waals surface area contributed by atoms with Gasteiger partial charge in [-0.2, -0.15) is 8.42 Å². The summed E-state index contributed by atoms with van der Waals surface area (Å²) in [5, 5.41) is 0. The van der Waals surface area contributed by atoms with Gasteiger partial charge in [0.1, 0.15) is 0 Å². The van der Waals surface area contributed by atoms with Crippen molar-refractivity contribution in [3.63, 3.8) is 0 Å². The average molecular weight is 461 g/mol. The van der Waals surface area contributed by atoms with E-state index in [2.05, 4.69) is 0 Å². The standard InChI is InChI=1S/Ba.H2O4S.O.Pb.2H/c;1-5(2,3)4;;;;/h;(H2,1,2,3,4);;;;. The minimum atomic E-state index is -4.67. The van der Waals surface area contributed by atoms with Crippen LogP contribution in [0.5, 0.6) is 0 Å². The van der Waals surface area contributed by atoms with Crippen LogP contribution in [0.15, 0.2) is 0 Å². The van der Waals surface area contributed by atoms with Crippen molar-refractivity contribution >= 4 is 85.1 Å². The Hall–Kier alpha value is 2.16. The second-order valence-electron chi connectivity index (χ2n) is 0.448. The Labute approximate surface area is 103 Å². The summed E-state index contributed by atoms with van der Waals surface area (Å²) in [5.41, 5.74) is 0. The normalized spacial score (nSPS) is 7.75. The first-order valence-electron chi connectivity index (χ1n) is 0.903. The first-order valence-corrected chi connectivity index (χ1v) is 3.89. The van der Waals surface area contributed by atoms with E-state index in [9.17, 15) is 0 Å². The maximum atomic E-state index is 8.74. The van der Waals surface area contributed by atoms with Gasteiger partial charge in [-0.25, -0.2) is 0 Å². The number of rotatable bonds is 0. The molecule has 5 nitrogen and oxygen atoms in total. The monoisotopic (exact) mass is 462 g/mol. The van der Waals surface area contributed by atoms with Gasteiger partial charge < -0.3 is 0 Å². The quantitative estimate of drug-likeness (QED) is 0.320. The van der Waals surface area contributed by atoms with Crippen molar-refractivity contribution in [2.24, 2.45) is 0 Å². The van der Waals surface area contributed by atoms with E-state index in [1.165, 1.54) is 0 Å². The third-order valence-corrected chi connectivity index (χ3v) is 0. The Balaban J connectivity index is -0.0000000750. The van der Waals surface area contributed by atoms with Crippen LogP contribution in [0.4, 0.5) is 0 Å². The van der Waals surface area contributed by atoms with Crippen LogP contribution in [0.2, 0.25) is 0 Å². The third-order valence-electron chi connectivity index (χ3n) is 0.